The van der Waals surface area contributed by atoms with Crippen molar-refractivity contribution in [2.24, 2.45) is 11.8 Å². The first-order valence-corrected chi connectivity index (χ1v) is 5.12. The quantitative estimate of drug-likeness (QED) is 0.609. The molecule has 1 saturated carbocycles. The van der Waals surface area contributed by atoms with Crippen molar-refractivity contribution in [3.05, 3.63) is 10.6 Å². The molecular weight excluding hydrogens is 202 g/mol. The van der Waals surface area contributed by atoms with E-state index in [2.05, 4.69) is 0 Å². The molecule has 3 heteroatoms. The number of alkyl halides is 1. The maximum atomic E-state index is 5.77. The predicted octanol–water partition coefficient (Wildman–Crippen LogP) is 3.96. The van der Waals surface area contributed by atoms with Crippen LogP contribution in [-0.4, -0.2) is 5.88 Å². The van der Waals surface area contributed by atoms with Gasteiger partial charge >= 0.3 is 0 Å². The average Bonchev–Trinajstić information content (AvgIpc) is 2.34. The first-order valence-electron chi connectivity index (χ1n) is 3.83. The topological polar surface area (TPSA) is 0 Å². The molecule has 0 aliphatic heterocycles. The molecule has 1 aliphatic rings. The van der Waals surface area contributed by atoms with Gasteiger partial charge in [0.1, 0.15) is 4.49 Å². The fourth-order valence-corrected chi connectivity index (χ4v) is 2.35. The third-order valence-electron chi connectivity index (χ3n) is 2.26. The summed E-state index contributed by atoms with van der Waals surface area (Å²) < 4.78 is 0.381. The Labute approximate surface area is 82.5 Å². The molecule has 0 bridgehead atoms. The zero-order chi connectivity index (χ0) is 8.27. The molecule has 0 aromatic rings. The molecule has 0 amide bonds. The highest BCUT2D eigenvalue weighted by Crippen LogP contribution is 2.34. The van der Waals surface area contributed by atoms with Gasteiger partial charge in [-0.1, -0.05) is 35.7 Å². The van der Waals surface area contributed by atoms with Crippen molar-refractivity contribution < 1.29 is 0 Å². The van der Waals surface area contributed by atoms with Crippen LogP contribution in [0.4, 0.5) is 0 Å². The monoisotopic (exact) mass is 212 g/mol. The third kappa shape index (κ3) is 2.85. The van der Waals surface area contributed by atoms with Crippen LogP contribution in [0, 0.1) is 11.8 Å². The van der Waals surface area contributed by atoms with E-state index in [0.29, 0.717) is 16.3 Å². The van der Waals surface area contributed by atoms with Gasteiger partial charge in [0.2, 0.25) is 0 Å². The summed E-state index contributed by atoms with van der Waals surface area (Å²) in [5, 5.41) is 0. The first-order chi connectivity index (χ1) is 5.24. The van der Waals surface area contributed by atoms with Crippen molar-refractivity contribution in [3.8, 4) is 0 Å². The Balaban J connectivity index is 2.50. The normalized spacial score (nSPS) is 30.5. The molecule has 64 valence electrons. The van der Waals surface area contributed by atoms with Crippen LogP contribution in [0.3, 0.4) is 0 Å². The maximum Gasteiger partial charge on any atom is 0.103 e. The van der Waals surface area contributed by atoms with Gasteiger partial charge in [0.15, 0.2) is 0 Å². The largest absolute Gasteiger partial charge is 0.126 e. The zero-order valence-electron chi connectivity index (χ0n) is 6.19. The van der Waals surface area contributed by atoms with Crippen LogP contribution in [0.5, 0.6) is 0 Å². The third-order valence-corrected chi connectivity index (χ3v) is 2.90. The van der Waals surface area contributed by atoms with E-state index in [1.54, 1.807) is 0 Å². The Kier molecular flexibility index (Phi) is 4.05. The molecule has 0 radical (unpaired) electrons. The van der Waals surface area contributed by atoms with Gasteiger partial charge in [0.25, 0.3) is 0 Å². The smallest absolute Gasteiger partial charge is 0.103 e. The summed E-state index contributed by atoms with van der Waals surface area (Å²) in [4.78, 5) is 0. The molecule has 0 aromatic carbocycles. The fourth-order valence-electron chi connectivity index (χ4n) is 1.64. The average molecular weight is 214 g/mol. The lowest BCUT2D eigenvalue weighted by Crippen LogP contribution is -2.06. The lowest BCUT2D eigenvalue weighted by molar-refractivity contribution is 0.509. The number of halogens is 3. The Morgan fingerprint density at radius 1 is 1.36 bits per heavy atom. The fraction of sp³-hybridized carbons (Fsp3) is 0.750. The van der Waals surface area contributed by atoms with Crippen LogP contribution in [0.2, 0.25) is 0 Å². The van der Waals surface area contributed by atoms with E-state index in [1.165, 1.54) is 19.3 Å². The van der Waals surface area contributed by atoms with E-state index < -0.39 is 0 Å². The van der Waals surface area contributed by atoms with E-state index in [0.717, 1.165) is 5.88 Å². The van der Waals surface area contributed by atoms with Gasteiger partial charge in [-0.25, -0.2) is 0 Å². The second-order valence-corrected chi connectivity index (χ2v) is 4.28. The van der Waals surface area contributed by atoms with Crippen molar-refractivity contribution in [2.45, 2.75) is 19.3 Å². The lowest BCUT2D eigenvalue weighted by Gasteiger charge is -2.11. The molecule has 1 aliphatic carbocycles. The minimum absolute atomic E-state index is 0.381. The highest BCUT2D eigenvalue weighted by atomic mass is 35.5. The van der Waals surface area contributed by atoms with Gasteiger partial charge in [-0.3, -0.25) is 0 Å². The molecule has 0 aromatic heterocycles. The molecule has 1 fully saturated rings. The predicted molar refractivity (Wildman–Crippen MR) is 51.3 cm³/mol. The van der Waals surface area contributed by atoms with E-state index in [-0.39, 0.29) is 0 Å². The van der Waals surface area contributed by atoms with E-state index >= 15 is 0 Å². The van der Waals surface area contributed by atoms with E-state index in [4.69, 9.17) is 34.8 Å². The summed E-state index contributed by atoms with van der Waals surface area (Å²) in [6.45, 7) is 0. The van der Waals surface area contributed by atoms with Crippen LogP contribution in [0.15, 0.2) is 10.6 Å². The number of hydrogen-bond acceptors (Lipinski definition) is 0. The highest BCUT2D eigenvalue weighted by Gasteiger charge is 2.24. The van der Waals surface area contributed by atoms with Gasteiger partial charge < -0.3 is 0 Å². The zero-order valence-corrected chi connectivity index (χ0v) is 8.46. The van der Waals surface area contributed by atoms with Crippen LogP contribution >= 0.6 is 34.8 Å². The Morgan fingerprint density at radius 3 is 2.64 bits per heavy atom. The summed E-state index contributed by atoms with van der Waals surface area (Å²) in [7, 11) is 0. The molecule has 0 heterocycles. The minimum atomic E-state index is 0.381. The number of hydrogen-bond donors (Lipinski definition) is 0. The Morgan fingerprint density at radius 2 is 2.09 bits per heavy atom. The van der Waals surface area contributed by atoms with Crippen LogP contribution in [0.1, 0.15) is 19.3 Å². The summed E-state index contributed by atoms with van der Waals surface area (Å²) in [6, 6.07) is 0. The molecule has 2 unspecified atom stereocenters. The van der Waals surface area contributed by atoms with Crippen molar-refractivity contribution in [3.63, 3.8) is 0 Å². The van der Waals surface area contributed by atoms with Gasteiger partial charge in [0.05, 0.1) is 0 Å². The first kappa shape index (κ1) is 9.70. The molecule has 2 atom stereocenters. The molecular formula is C8H11Cl3. The van der Waals surface area contributed by atoms with Crippen molar-refractivity contribution >= 4 is 34.8 Å². The van der Waals surface area contributed by atoms with Gasteiger partial charge in [-0.05, 0) is 24.7 Å². The van der Waals surface area contributed by atoms with E-state index in [1.807, 2.05) is 6.08 Å². The van der Waals surface area contributed by atoms with Crippen molar-refractivity contribution in [1.29, 1.82) is 0 Å². The minimum Gasteiger partial charge on any atom is -0.126 e. The van der Waals surface area contributed by atoms with Gasteiger partial charge in [-0.2, -0.15) is 0 Å². The summed E-state index contributed by atoms with van der Waals surface area (Å²) >= 11 is 16.9. The number of allylic oxidation sites excluding steroid dienone is 1. The second-order valence-electron chi connectivity index (χ2n) is 2.97. The summed E-state index contributed by atoms with van der Waals surface area (Å²) in [5.74, 6) is 1.82. The molecule has 1 rings (SSSR count). The van der Waals surface area contributed by atoms with E-state index in [9.17, 15) is 0 Å². The molecule has 0 nitrogen and oxygen atoms in total. The second kappa shape index (κ2) is 4.59. The maximum absolute atomic E-state index is 5.77. The van der Waals surface area contributed by atoms with Crippen molar-refractivity contribution in [1.82, 2.24) is 0 Å². The molecule has 0 spiro atoms. The Bertz CT molecular complexity index is 149. The standard InChI is InChI=1S/C8H11Cl3/c9-5-7-3-1-2-6(7)4-8(10)11/h4,6-7H,1-3,5H2. The summed E-state index contributed by atoms with van der Waals surface area (Å²) in [6.07, 6.45) is 5.56. The molecule has 0 N–H and O–H groups in total. The van der Waals surface area contributed by atoms with Crippen molar-refractivity contribution in [2.75, 3.05) is 5.88 Å². The van der Waals surface area contributed by atoms with Crippen LogP contribution in [0.25, 0.3) is 0 Å². The van der Waals surface area contributed by atoms with Gasteiger partial charge in [0, 0.05) is 5.88 Å². The number of rotatable bonds is 2. The Hall–Kier alpha value is 0.610. The molecule has 0 saturated heterocycles. The van der Waals surface area contributed by atoms with Gasteiger partial charge in [-0.15, -0.1) is 11.6 Å². The SMILES string of the molecule is ClCC1CCCC1C=C(Cl)Cl. The van der Waals surface area contributed by atoms with Crippen LogP contribution in [-0.2, 0) is 0 Å². The highest BCUT2D eigenvalue weighted by molar-refractivity contribution is 6.55. The summed E-state index contributed by atoms with van der Waals surface area (Å²) in [5.41, 5.74) is 0. The lowest BCUT2D eigenvalue weighted by atomic mass is 9.98. The molecule has 11 heavy (non-hydrogen) atoms. The van der Waals surface area contributed by atoms with Crippen LogP contribution < -0.4 is 0 Å².